The molecule has 122 valence electrons. The van der Waals surface area contributed by atoms with E-state index in [0.29, 0.717) is 0 Å². The highest BCUT2D eigenvalue weighted by Gasteiger charge is 2.21. The second-order valence-corrected chi connectivity index (χ2v) is 6.01. The number of hydrogen-bond acceptors (Lipinski definition) is 1. The molecule has 2 rings (SSSR count). The summed E-state index contributed by atoms with van der Waals surface area (Å²) in [6.07, 6.45) is 4.09. The summed E-state index contributed by atoms with van der Waals surface area (Å²) in [6.45, 7) is 4.27. The Morgan fingerprint density at radius 3 is 1.87 bits per heavy atom. The fourth-order valence-corrected chi connectivity index (χ4v) is 2.88. The molecule has 0 fully saturated rings. The van der Waals surface area contributed by atoms with Crippen LogP contribution < -0.4 is 5.32 Å². The molecule has 0 saturated carbocycles. The van der Waals surface area contributed by atoms with Crippen LogP contribution in [0.15, 0.2) is 60.7 Å². The lowest BCUT2D eigenvalue weighted by Crippen LogP contribution is -2.34. The number of carbonyl (C=O) groups is 1. The number of nitrogens with one attached hydrogen (secondary N) is 1. The fraction of sp³-hybridized carbons (Fsp3) is 0.381. The van der Waals surface area contributed by atoms with Crippen LogP contribution in [0, 0.1) is 5.92 Å². The molecule has 0 aliphatic carbocycles. The fourth-order valence-electron chi connectivity index (χ4n) is 2.88. The molecule has 0 aromatic heterocycles. The van der Waals surface area contributed by atoms with Crippen LogP contribution in [0.4, 0.5) is 0 Å². The van der Waals surface area contributed by atoms with Gasteiger partial charge in [-0.1, -0.05) is 87.4 Å². The lowest BCUT2D eigenvalue weighted by Gasteiger charge is -2.23. The molecule has 2 aromatic carbocycles. The van der Waals surface area contributed by atoms with Crippen LogP contribution >= 0.6 is 0 Å². The molecule has 0 unspecified atom stereocenters. The minimum atomic E-state index is -0.0828. The van der Waals surface area contributed by atoms with Gasteiger partial charge in [0.05, 0.1) is 6.04 Å². The van der Waals surface area contributed by atoms with Crippen molar-refractivity contribution in [2.24, 2.45) is 5.92 Å². The van der Waals surface area contributed by atoms with Gasteiger partial charge in [0.15, 0.2) is 0 Å². The first-order valence-corrected chi connectivity index (χ1v) is 8.66. The molecule has 2 aromatic rings. The van der Waals surface area contributed by atoms with Crippen molar-refractivity contribution in [3.8, 4) is 0 Å². The van der Waals surface area contributed by atoms with E-state index in [9.17, 15) is 4.79 Å². The third-order valence-electron chi connectivity index (χ3n) is 4.32. The first kappa shape index (κ1) is 17.3. The van der Waals surface area contributed by atoms with Crippen LogP contribution in [0.3, 0.4) is 0 Å². The Hall–Kier alpha value is -2.09. The smallest absolute Gasteiger partial charge is 0.223 e. The lowest BCUT2D eigenvalue weighted by atomic mass is 9.95. The molecule has 0 spiro atoms. The minimum absolute atomic E-state index is 0.0828. The van der Waals surface area contributed by atoms with Crippen LogP contribution in [0.25, 0.3) is 0 Å². The van der Waals surface area contributed by atoms with E-state index in [-0.39, 0.29) is 17.9 Å². The van der Waals surface area contributed by atoms with Crippen molar-refractivity contribution in [3.63, 3.8) is 0 Å². The Labute approximate surface area is 139 Å². The third kappa shape index (κ3) is 4.95. The maximum atomic E-state index is 12.7. The average molecular weight is 309 g/mol. The van der Waals surface area contributed by atoms with Gasteiger partial charge in [0.2, 0.25) is 5.91 Å². The van der Waals surface area contributed by atoms with Gasteiger partial charge in [-0.3, -0.25) is 4.79 Å². The van der Waals surface area contributed by atoms with Gasteiger partial charge in [0.1, 0.15) is 0 Å². The molecule has 0 heterocycles. The minimum Gasteiger partial charge on any atom is -0.345 e. The molecule has 0 bridgehead atoms. The number of unbranched alkanes of at least 4 members (excludes halogenated alkanes) is 1. The summed E-state index contributed by atoms with van der Waals surface area (Å²) >= 11 is 0. The van der Waals surface area contributed by atoms with Crippen molar-refractivity contribution in [1.82, 2.24) is 5.32 Å². The van der Waals surface area contributed by atoms with Gasteiger partial charge in [0.25, 0.3) is 0 Å². The van der Waals surface area contributed by atoms with Crippen molar-refractivity contribution in [2.75, 3.05) is 0 Å². The Kier molecular flexibility index (Phi) is 6.86. The summed E-state index contributed by atoms with van der Waals surface area (Å²) in [5, 5.41) is 3.27. The van der Waals surface area contributed by atoms with Crippen LogP contribution in [-0.4, -0.2) is 5.91 Å². The molecule has 1 N–H and O–H groups in total. The highest BCUT2D eigenvalue weighted by molar-refractivity contribution is 5.79. The van der Waals surface area contributed by atoms with E-state index in [1.807, 2.05) is 36.4 Å². The quantitative estimate of drug-likeness (QED) is 0.721. The standard InChI is InChI=1S/C21H27NO/c1-3-5-12-17(4-2)21(23)22-20(18-13-8-6-9-14-18)19-15-10-7-11-16-19/h6-11,13-17,20H,3-5,12H2,1-2H3,(H,22,23)/t17-/m1/s1. The summed E-state index contributed by atoms with van der Waals surface area (Å²) in [7, 11) is 0. The Balaban J connectivity index is 2.20. The van der Waals surface area contributed by atoms with E-state index in [1.54, 1.807) is 0 Å². The number of amides is 1. The first-order valence-electron chi connectivity index (χ1n) is 8.66. The van der Waals surface area contributed by atoms with Gasteiger partial charge in [-0.05, 0) is 24.0 Å². The van der Waals surface area contributed by atoms with E-state index < -0.39 is 0 Å². The predicted molar refractivity (Wildman–Crippen MR) is 96.2 cm³/mol. The normalized spacial score (nSPS) is 12.1. The second-order valence-electron chi connectivity index (χ2n) is 6.01. The van der Waals surface area contributed by atoms with Crippen LogP contribution in [0.2, 0.25) is 0 Å². The SMILES string of the molecule is CCCC[C@@H](CC)C(=O)NC(c1ccccc1)c1ccccc1. The third-order valence-corrected chi connectivity index (χ3v) is 4.32. The topological polar surface area (TPSA) is 29.1 Å². The zero-order valence-electron chi connectivity index (χ0n) is 14.2. The molecule has 0 aliphatic heterocycles. The number of hydrogen-bond donors (Lipinski definition) is 1. The van der Waals surface area contributed by atoms with Crippen molar-refractivity contribution >= 4 is 5.91 Å². The number of rotatable bonds is 8. The maximum absolute atomic E-state index is 12.7. The molecule has 2 nitrogen and oxygen atoms in total. The molecule has 0 aliphatic rings. The van der Waals surface area contributed by atoms with E-state index >= 15 is 0 Å². The van der Waals surface area contributed by atoms with Crippen molar-refractivity contribution in [3.05, 3.63) is 71.8 Å². The lowest BCUT2D eigenvalue weighted by molar-refractivity contribution is -0.125. The predicted octanol–water partition coefficient (Wildman–Crippen LogP) is 5.11. The molecule has 1 atom stereocenters. The summed E-state index contributed by atoms with van der Waals surface area (Å²) in [4.78, 5) is 12.7. The van der Waals surface area contributed by atoms with Gasteiger partial charge in [-0.2, -0.15) is 0 Å². The van der Waals surface area contributed by atoms with Crippen molar-refractivity contribution in [1.29, 1.82) is 0 Å². The van der Waals surface area contributed by atoms with E-state index in [0.717, 1.165) is 36.8 Å². The molecule has 23 heavy (non-hydrogen) atoms. The summed E-state index contributed by atoms with van der Waals surface area (Å²) in [5.41, 5.74) is 2.25. The van der Waals surface area contributed by atoms with Gasteiger partial charge >= 0.3 is 0 Å². The molecule has 1 amide bonds. The monoisotopic (exact) mass is 309 g/mol. The zero-order chi connectivity index (χ0) is 16.5. The average Bonchev–Trinajstić information content (AvgIpc) is 2.62. The van der Waals surface area contributed by atoms with Crippen LogP contribution in [0.1, 0.15) is 56.7 Å². The van der Waals surface area contributed by atoms with Crippen LogP contribution in [-0.2, 0) is 4.79 Å². The van der Waals surface area contributed by atoms with E-state index in [2.05, 4.69) is 43.4 Å². The first-order chi connectivity index (χ1) is 11.3. The number of carbonyl (C=O) groups excluding carboxylic acids is 1. The van der Waals surface area contributed by atoms with Crippen LogP contribution in [0.5, 0.6) is 0 Å². The van der Waals surface area contributed by atoms with E-state index in [4.69, 9.17) is 0 Å². The maximum Gasteiger partial charge on any atom is 0.223 e. The van der Waals surface area contributed by atoms with Crippen molar-refractivity contribution in [2.45, 2.75) is 45.6 Å². The highest BCUT2D eigenvalue weighted by atomic mass is 16.1. The van der Waals surface area contributed by atoms with Gasteiger partial charge in [-0.25, -0.2) is 0 Å². The molecular weight excluding hydrogens is 282 g/mol. The highest BCUT2D eigenvalue weighted by Crippen LogP contribution is 2.23. The van der Waals surface area contributed by atoms with Gasteiger partial charge in [0, 0.05) is 5.92 Å². The summed E-state index contributed by atoms with van der Waals surface area (Å²) in [5.74, 6) is 0.267. The molecule has 0 saturated heterocycles. The second kappa shape index (κ2) is 9.14. The molecule has 2 heteroatoms. The largest absolute Gasteiger partial charge is 0.345 e. The zero-order valence-corrected chi connectivity index (χ0v) is 14.2. The Morgan fingerprint density at radius 1 is 0.913 bits per heavy atom. The van der Waals surface area contributed by atoms with Crippen molar-refractivity contribution < 1.29 is 4.79 Å². The summed E-state index contributed by atoms with van der Waals surface area (Å²) in [6, 6.07) is 20.3. The number of benzene rings is 2. The molecular formula is C21H27NO. The van der Waals surface area contributed by atoms with E-state index in [1.165, 1.54) is 0 Å². The Bertz CT molecular complexity index is 540. The summed E-state index contributed by atoms with van der Waals surface area (Å²) < 4.78 is 0. The van der Waals surface area contributed by atoms with Gasteiger partial charge < -0.3 is 5.32 Å². The van der Waals surface area contributed by atoms with Gasteiger partial charge in [-0.15, -0.1) is 0 Å². The Morgan fingerprint density at radius 2 is 1.43 bits per heavy atom. The molecule has 0 radical (unpaired) electrons.